The summed E-state index contributed by atoms with van der Waals surface area (Å²) in [5, 5.41) is 0.403. The number of nitrogens with zero attached hydrogens (tertiary/aromatic N) is 2. The van der Waals surface area contributed by atoms with E-state index in [4.69, 9.17) is 9.47 Å². The highest BCUT2D eigenvalue weighted by Gasteiger charge is 2.39. The summed E-state index contributed by atoms with van der Waals surface area (Å²) in [4.78, 5) is 4.54. The third-order valence-corrected chi connectivity index (χ3v) is 8.01. The first-order chi connectivity index (χ1) is 13.6. The number of hydrogen-bond acceptors (Lipinski definition) is 6. The second-order valence-corrected chi connectivity index (χ2v) is 9.33. The van der Waals surface area contributed by atoms with E-state index in [0.717, 1.165) is 10.9 Å². The van der Waals surface area contributed by atoms with Gasteiger partial charge in [-0.1, -0.05) is 18.2 Å². The first-order valence-electron chi connectivity index (χ1n) is 8.75. The summed E-state index contributed by atoms with van der Waals surface area (Å²) in [5.41, 5.74) is 1.26. The molecule has 146 valence electrons. The van der Waals surface area contributed by atoms with Crippen molar-refractivity contribution in [2.75, 3.05) is 26.5 Å². The van der Waals surface area contributed by atoms with Crippen LogP contribution in [-0.4, -0.2) is 44.2 Å². The van der Waals surface area contributed by atoms with Crippen molar-refractivity contribution in [2.45, 2.75) is 10.3 Å². The van der Waals surface area contributed by atoms with E-state index < -0.39 is 15.4 Å². The minimum Gasteiger partial charge on any atom is -0.497 e. The number of rotatable bonds is 5. The van der Waals surface area contributed by atoms with E-state index >= 15 is 0 Å². The number of sulfonamides is 1. The molecule has 0 amide bonds. The summed E-state index contributed by atoms with van der Waals surface area (Å²) in [6, 6.07) is 14.3. The average molecular weight is 417 g/mol. The Kier molecular flexibility index (Phi) is 5.18. The summed E-state index contributed by atoms with van der Waals surface area (Å²) in [6.45, 7) is 0.418. The molecule has 0 aliphatic carbocycles. The molecular weight excluding hydrogens is 396 g/mol. The van der Waals surface area contributed by atoms with Crippen LogP contribution < -0.4 is 9.47 Å². The van der Waals surface area contributed by atoms with Crippen LogP contribution in [0.4, 0.5) is 0 Å². The van der Waals surface area contributed by atoms with Crippen LogP contribution in [0.25, 0.3) is 10.9 Å². The van der Waals surface area contributed by atoms with E-state index in [-0.39, 0.29) is 4.90 Å². The molecule has 0 N–H and O–H groups in total. The molecule has 0 saturated carbocycles. The number of ether oxygens (including phenoxy) is 2. The van der Waals surface area contributed by atoms with Crippen molar-refractivity contribution in [3.05, 3.63) is 60.3 Å². The van der Waals surface area contributed by atoms with Gasteiger partial charge in [-0.3, -0.25) is 4.98 Å². The van der Waals surface area contributed by atoms with Crippen LogP contribution in [-0.2, 0) is 10.0 Å². The van der Waals surface area contributed by atoms with Crippen LogP contribution in [0.5, 0.6) is 11.5 Å². The molecule has 28 heavy (non-hydrogen) atoms. The zero-order chi connectivity index (χ0) is 19.7. The fourth-order valence-corrected chi connectivity index (χ4v) is 6.80. The highest BCUT2D eigenvalue weighted by molar-refractivity contribution is 8.01. The zero-order valence-electron chi connectivity index (χ0n) is 15.5. The van der Waals surface area contributed by atoms with E-state index in [1.165, 1.54) is 4.31 Å². The van der Waals surface area contributed by atoms with E-state index in [1.54, 1.807) is 62.5 Å². The molecular formula is C20H20N2O4S2. The summed E-state index contributed by atoms with van der Waals surface area (Å²) < 4.78 is 39.5. The van der Waals surface area contributed by atoms with Crippen molar-refractivity contribution in [1.82, 2.24) is 9.29 Å². The Morgan fingerprint density at radius 2 is 1.93 bits per heavy atom. The third kappa shape index (κ3) is 3.21. The van der Waals surface area contributed by atoms with Crippen molar-refractivity contribution < 1.29 is 17.9 Å². The van der Waals surface area contributed by atoms with Crippen LogP contribution in [0.2, 0.25) is 0 Å². The predicted octanol–water partition coefficient (Wildman–Crippen LogP) is 3.69. The van der Waals surface area contributed by atoms with E-state index in [2.05, 4.69) is 4.98 Å². The highest BCUT2D eigenvalue weighted by Crippen LogP contribution is 2.46. The number of pyridine rings is 1. The number of methoxy groups -OCH3 is 2. The fourth-order valence-electron chi connectivity index (χ4n) is 3.39. The SMILES string of the molecule is COc1ccc(OC)c(C2SCCN2S(=O)(=O)c2cccc3cccnc23)c1. The van der Waals surface area contributed by atoms with Gasteiger partial charge >= 0.3 is 0 Å². The number of thioether (sulfide) groups is 1. The van der Waals surface area contributed by atoms with Gasteiger partial charge in [0.2, 0.25) is 10.0 Å². The van der Waals surface area contributed by atoms with Gasteiger partial charge < -0.3 is 9.47 Å². The second kappa shape index (κ2) is 7.62. The number of hydrogen-bond donors (Lipinski definition) is 0. The van der Waals surface area contributed by atoms with Gasteiger partial charge in [-0.25, -0.2) is 8.42 Å². The van der Waals surface area contributed by atoms with Gasteiger partial charge in [0.25, 0.3) is 0 Å². The van der Waals surface area contributed by atoms with Gasteiger partial charge in [0.1, 0.15) is 16.4 Å². The standard InChI is InChI=1S/C20H20N2O4S2/c1-25-15-8-9-17(26-2)16(13-15)20-22(11-12-27-20)28(23,24)18-7-3-5-14-6-4-10-21-19(14)18/h3-10,13,20H,11-12H2,1-2H3. The van der Waals surface area contributed by atoms with Crippen LogP contribution in [0.3, 0.4) is 0 Å². The Morgan fingerprint density at radius 1 is 1.11 bits per heavy atom. The summed E-state index contributed by atoms with van der Waals surface area (Å²) in [7, 11) is -0.585. The minimum absolute atomic E-state index is 0.222. The number of benzene rings is 2. The molecule has 2 aromatic carbocycles. The lowest BCUT2D eigenvalue weighted by Crippen LogP contribution is -2.31. The molecule has 6 nitrogen and oxygen atoms in total. The quantitative estimate of drug-likeness (QED) is 0.632. The molecule has 1 saturated heterocycles. The molecule has 2 heterocycles. The monoisotopic (exact) mass is 416 g/mol. The molecule has 4 rings (SSSR count). The number of aromatic nitrogens is 1. The molecule has 1 aliphatic heterocycles. The summed E-state index contributed by atoms with van der Waals surface area (Å²) in [6.07, 6.45) is 1.61. The van der Waals surface area contributed by atoms with Crippen molar-refractivity contribution in [1.29, 1.82) is 0 Å². The smallest absolute Gasteiger partial charge is 0.246 e. The lowest BCUT2D eigenvalue weighted by Gasteiger charge is -2.25. The van der Waals surface area contributed by atoms with Crippen LogP contribution >= 0.6 is 11.8 Å². The summed E-state index contributed by atoms with van der Waals surface area (Å²) >= 11 is 1.57. The first-order valence-corrected chi connectivity index (χ1v) is 11.2. The number of para-hydroxylation sites is 1. The lowest BCUT2D eigenvalue weighted by molar-refractivity contribution is 0.383. The molecule has 0 radical (unpaired) electrons. The molecule has 1 aromatic heterocycles. The van der Waals surface area contributed by atoms with Gasteiger partial charge in [-0.2, -0.15) is 4.31 Å². The maximum atomic E-state index is 13.6. The molecule has 0 bridgehead atoms. The van der Waals surface area contributed by atoms with Crippen molar-refractivity contribution >= 4 is 32.7 Å². The molecule has 0 spiro atoms. The van der Waals surface area contributed by atoms with Gasteiger partial charge in [0, 0.05) is 29.4 Å². The van der Waals surface area contributed by atoms with Crippen molar-refractivity contribution in [3.8, 4) is 11.5 Å². The highest BCUT2D eigenvalue weighted by atomic mass is 32.2. The van der Waals surface area contributed by atoms with Gasteiger partial charge in [0.05, 0.1) is 25.1 Å². The lowest BCUT2D eigenvalue weighted by atomic mass is 10.2. The minimum atomic E-state index is -3.75. The van der Waals surface area contributed by atoms with Crippen LogP contribution in [0, 0.1) is 0 Å². The van der Waals surface area contributed by atoms with Crippen molar-refractivity contribution in [2.24, 2.45) is 0 Å². The topological polar surface area (TPSA) is 68.7 Å². The molecule has 3 aromatic rings. The second-order valence-electron chi connectivity index (χ2n) is 6.28. The molecule has 1 fully saturated rings. The Balaban J connectivity index is 1.82. The van der Waals surface area contributed by atoms with Crippen LogP contribution in [0.15, 0.2) is 59.6 Å². The van der Waals surface area contributed by atoms with E-state index in [0.29, 0.717) is 29.3 Å². The van der Waals surface area contributed by atoms with Gasteiger partial charge in [-0.15, -0.1) is 11.8 Å². The van der Waals surface area contributed by atoms with Gasteiger partial charge in [-0.05, 0) is 30.3 Å². The fraction of sp³-hybridized carbons (Fsp3) is 0.250. The Labute approximate surface area is 168 Å². The normalized spacial score (nSPS) is 17.7. The first kappa shape index (κ1) is 19.0. The predicted molar refractivity (Wildman–Crippen MR) is 110 cm³/mol. The Bertz CT molecular complexity index is 1110. The average Bonchev–Trinajstić information content (AvgIpc) is 3.23. The molecule has 1 aliphatic rings. The third-order valence-electron chi connectivity index (χ3n) is 4.73. The maximum Gasteiger partial charge on any atom is 0.246 e. The molecule has 8 heteroatoms. The molecule has 1 unspecified atom stereocenters. The largest absolute Gasteiger partial charge is 0.497 e. The zero-order valence-corrected chi connectivity index (χ0v) is 17.2. The van der Waals surface area contributed by atoms with E-state index in [9.17, 15) is 8.42 Å². The van der Waals surface area contributed by atoms with Crippen molar-refractivity contribution in [3.63, 3.8) is 0 Å². The van der Waals surface area contributed by atoms with E-state index in [1.807, 2.05) is 18.2 Å². The Morgan fingerprint density at radius 3 is 2.71 bits per heavy atom. The maximum absolute atomic E-state index is 13.6. The van der Waals surface area contributed by atoms with Crippen LogP contribution in [0.1, 0.15) is 10.9 Å². The summed E-state index contributed by atoms with van der Waals surface area (Å²) in [5.74, 6) is 1.99. The van der Waals surface area contributed by atoms with Gasteiger partial charge in [0.15, 0.2) is 0 Å². The molecule has 1 atom stereocenters. The number of fused-ring (bicyclic) bond motifs is 1. The Hall–Kier alpha value is -2.29.